The molecule has 0 radical (unpaired) electrons. The molecule has 102 valence electrons. The van der Waals surface area contributed by atoms with Crippen LogP contribution in [0.1, 0.15) is 0 Å². The first-order chi connectivity index (χ1) is 9.61. The summed E-state index contributed by atoms with van der Waals surface area (Å²) in [5.41, 5.74) is 0.828. The van der Waals surface area contributed by atoms with Crippen molar-refractivity contribution in [2.45, 2.75) is 0 Å². The summed E-state index contributed by atoms with van der Waals surface area (Å²) in [6.07, 6.45) is 1.42. The molecule has 3 rings (SSSR count). The van der Waals surface area contributed by atoms with E-state index in [-0.39, 0.29) is 5.75 Å². The second kappa shape index (κ2) is 5.27. The van der Waals surface area contributed by atoms with Crippen LogP contribution in [0.2, 0.25) is 5.15 Å². The third kappa shape index (κ3) is 2.17. The van der Waals surface area contributed by atoms with Gasteiger partial charge < -0.3 is 4.74 Å². The first-order valence-corrected chi connectivity index (χ1v) is 7.53. The number of fused-ring (bicyclic) bond motifs is 1. The van der Waals surface area contributed by atoms with Crippen LogP contribution in [0.15, 0.2) is 29.0 Å². The normalized spacial score (nSPS) is 11.0. The number of rotatable bonds is 2. The van der Waals surface area contributed by atoms with Gasteiger partial charge in [0.05, 0.1) is 17.4 Å². The van der Waals surface area contributed by atoms with Gasteiger partial charge in [0.15, 0.2) is 11.6 Å². The van der Waals surface area contributed by atoms with Gasteiger partial charge >= 0.3 is 0 Å². The van der Waals surface area contributed by atoms with Gasteiger partial charge in [-0.1, -0.05) is 17.7 Å². The summed E-state index contributed by atoms with van der Waals surface area (Å²) >= 11 is 11.1. The molecule has 2 aromatic heterocycles. The zero-order valence-electron chi connectivity index (χ0n) is 10.2. The van der Waals surface area contributed by atoms with E-state index in [2.05, 4.69) is 25.9 Å². The van der Waals surface area contributed by atoms with Crippen LogP contribution in [0.4, 0.5) is 4.39 Å². The summed E-state index contributed by atoms with van der Waals surface area (Å²) in [4.78, 5) is 9.84. The lowest BCUT2D eigenvalue weighted by atomic mass is 10.1. The van der Waals surface area contributed by atoms with E-state index in [9.17, 15) is 4.39 Å². The fraction of sp³-hybridized carbons (Fsp3) is 0.0769. The van der Waals surface area contributed by atoms with Gasteiger partial charge in [-0.05, 0) is 33.6 Å². The molecule has 0 atom stereocenters. The van der Waals surface area contributed by atoms with E-state index in [1.54, 1.807) is 12.1 Å². The molecule has 0 N–H and O–H groups in total. The number of aromatic nitrogens is 2. The molecular formula is C13H7BrClFN2OS. The Bertz CT molecular complexity index is 808. The Kier molecular flexibility index (Phi) is 3.62. The monoisotopic (exact) mass is 372 g/mol. The second-order valence-corrected chi connectivity index (χ2v) is 6.09. The molecule has 0 unspecified atom stereocenters. The minimum absolute atomic E-state index is 0.198. The lowest BCUT2D eigenvalue weighted by molar-refractivity contribution is 0.387. The average Bonchev–Trinajstić information content (AvgIpc) is 2.78. The van der Waals surface area contributed by atoms with Gasteiger partial charge in [-0.3, -0.25) is 0 Å². The summed E-state index contributed by atoms with van der Waals surface area (Å²) < 4.78 is 19.3. The van der Waals surface area contributed by atoms with Crippen molar-refractivity contribution in [2.24, 2.45) is 0 Å². The molecular weight excluding hydrogens is 367 g/mol. The summed E-state index contributed by atoms with van der Waals surface area (Å²) in [5, 5.41) is 1.15. The maximum absolute atomic E-state index is 13.5. The quantitative estimate of drug-likeness (QED) is 0.598. The van der Waals surface area contributed by atoms with E-state index in [4.69, 9.17) is 16.3 Å². The number of benzene rings is 1. The number of nitrogens with zero attached hydrogens (tertiary/aromatic N) is 2. The van der Waals surface area contributed by atoms with Crippen molar-refractivity contribution in [1.29, 1.82) is 0 Å². The molecule has 7 heteroatoms. The van der Waals surface area contributed by atoms with Crippen LogP contribution in [0.5, 0.6) is 5.75 Å². The largest absolute Gasteiger partial charge is 0.494 e. The molecule has 0 amide bonds. The van der Waals surface area contributed by atoms with Crippen molar-refractivity contribution in [3.05, 3.63) is 40.0 Å². The van der Waals surface area contributed by atoms with Gasteiger partial charge in [-0.15, -0.1) is 11.3 Å². The fourth-order valence-corrected chi connectivity index (χ4v) is 4.26. The predicted molar refractivity (Wildman–Crippen MR) is 82.1 cm³/mol. The maximum Gasteiger partial charge on any atom is 0.165 e. The minimum atomic E-state index is -0.397. The molecule has 0 bridgehead atoms. The Morgan fingerprint density at radius 3 is 2.85 bits per heavy atom. The number of ether oxygens (including phenoxy) is 1. The Balaban J connectivity index is 2.25. The molecule has 0 fully saturated rings. The predicted octanol–water partition coefficient (Wildman–Crippen LogP) is 4.92. The van der Waals surface area contributed by atoms with E-state index in [1.165, 1.54) is 30.8 Å². The van der Waals surface area contributed by atoms with E-state index >= 15 is 0 Å². The van der Waals surface area contributed by atoms with Crippen molar-refractivity contribution in [2.75, 3.05) is 7.11 Å². The zero-order valence-corrected chi connectivity index (χ0v) is 13.3. The number of hydrogen-bond acceptors (Lipinski definition) is 4. The first kappa shape index (κ1) is 13.7. The smallest absolute Gasteiger partial charge is 0.165 e. The van der Waals surface area contributed by atoms with Gasteiger partial charge in [0.2, 0.25) is 0 Å². The molecule has 0 saturated carbocycles. The highest BCUT2D eigenvalue weighted by Crippen LogP contribution is 2.44. The van der Waals surface area contributed by atoms with E-state index in [0.717, 1.165) is 25.1 Å². The van der Waals surface area contributed by atoms with E-state index in [0.29, 0.717) is 5.15 Å². The molecule has 3 nitrogen and oxygen atoms in total. The fourth-order valence-electron chi connectivity index (χ4n) is 1.85. The molecule has 0 aliphatic carbocycles. The third-order valence-corrected chi connectivity index (χ3v) is 5.29. The maximum atomic E-state index is 13.5. The number of methoxy groups -OCH3 is 1. The molecule has 0 saturated heterocycles. The minimum Gasteiger partial charge on any atom is -0.494 e. The van der Waals surface area contributed by atoms with Crippen LogP contribution < -0.4 is 4.74 Å². The summed E-state index contributed by atoms with van der Waals surface area (Å²) in [5.74, 6) is -0.199. The van der Waals surface area contributed by atoms with Gasteiger partial charge in [0.25, 0.3) is 0 Å². The molecule has 1 aromatic carbocycles. The van der Waals surface area contributed by atoms with E-state index in [1.807, 2.05) is 0 Å². The molecule has 0 aliphatic rings. The van der Waals surface area contributed by atoms with Crippen LogP contribution in [0.3, 0.4) is 0 Å². The van der Waals surface area contributed by atoms with Gasteiger partial charge in [-0.2, -0.15) is 0 Å². The second-order valence-electron chi connectivity index (χ2n) is 3.94. The van der Waals surface area contributed by atoms with Gasteiger partial charge in [0.1, 0.15) is 16.3 Å². The van der Waals surface area contributed by atoms with Crippen molar-refractivity contribution in [1.82, 2.24) is 9.97 Å². The van der Waals surface area contributed by atoms with Crippen LogP contribution in [0, 0.1) is 5.82 Å². The average molecular weight is 374 g/mol. The molecule has 3 aromatic rings. The molecule has 20 heavy (non-hydrogen) atoms. The van der Waals surface area contributed by atoms with Crippen molar-refractivity contribution in [3.8, 4) is 16.2 Å². The van der Waals surface area contributed by atoms with Gasteiger partial charge in [0, 0.05) is 4.47 Å². The zero-order chi connectivity index (χ0) is 14.3. The highest BCUT2D eigenvalue weighted by molar-refractivity contribution is 9.10. The Morgan fingerprint density at radius 1 is 1.35 bits per heavy atom. The first-order valence-electron chi connectivity index (χ1n) is 5.54. The Morgan fingerprint density at radius 2 is 2.15 bits per heavy atom. The van der Waals surface area contributed by atoms with Crippen LogP contribution in [-0.2, 0) is 0 Å². The summed E-state index contributed by atoms with van der Waals surface area (Å²) in [6.45, 7) is 0. The molecule has 0 spiro atoms. The Labute approximate surface area is 131 Å². The summed E-state index contributed by atoms with van der Waals surface area (Å²) in [7, 11) is 1.44. The number of halogens is 3. The SMILES string of the molecule is COc1cc(-c2sc3ncnc(Cl)c3c2Br)ccc1F. The van der Waals surface area contributed by atoms with Crippen LogP contribution in [0.25, 0.3) is 20.7 Å². The molecule has 0 aliphatic heterocycles. The van der Waals surface area contributed by atoms with Gasteiger partial charge in [-0.25, -0.2) is 14.4 Å². The van der Waals surface area contributed by atoms with Crippen LogP contribution in [-0.4, -0.2) is 17.1 Å². The standard InChI is InChI=1S/C13H7BrClFN2OS/c1-19-8-4-6(2-3-7(8)16)11-10(14)9-12(15)17-5-18-13(9)20-11/h2-5H,1H3. The van der Waals surface area contributed by atoms with Crippen molar-refractivity contribution < 1.29 is 9.13 Å². The lowest BCUT2D eigenvalue weighted by Crippen LogP contribution is -1.88. The number of thiophene rings is 1. The Hall–Kier alpha value is -1.24. The summed E-state index contributed by atoms with van der Waals surface area (Å²) in [6, 6.07) is 4.71. The lowest BCUT2D eigenvalue weighted by Gasteiger charge is -2.04. The van der Waals surface area contributed by atoms with Crippen LogP contribution >= 0.6 is 38.9 Å². The highest BCUT2D eigenvalue weighted by Gasteiger charge is 2.17. The number of hydrogen-bond donors (Lipinski definition) is 0. The van der Waals surface area contributed by atoms with E-state index < -0.39 is 5.82 Å². The van der Waals surface area contributed by atoms with Crippen molar-refractivity contribution in [3.63, 3.8) is 0 Å². The third-order valence-electron chi connectivity index (χ3n) is 2.80. The topological polar surface area (TPSA) is 35.0 Å². The highest BCUT2D eigenvalue weighted by atomic mass is 79.9. The van der Waals surface area contributed by atoms with Crippen molar-refractivity contribution >= 4 is 49.1 Å². The molecule has 2 heterocycles.